The number of nitrogens with zero attached hydrogens (tertiary/aromatic N) is 2. The molecule has 0 saturated carbocycles. The average molecular weight is 360 g/mol. The molecule has 1 fully saturated rings. The Balaban J connectivity index is 1.98. The minimum absolute atomic E-state index is 0.0677. The molecule has 5 nitrogen and oxygen atoms in total. The zero-order chi connectivity index (χ0) is 16.8. The third kappa shape index (κ3) is 3.25. The van der Waals surface area contributed by atoms with Crippen LogP contribution in [0.1, 0.15) is 6.92 Å². The molecule has 0 radical (unpaired) electrons. The van der Waals surface area contributed by atoms with E-state index in [1.54, 1.807) is 0 Å². The number of Topliss-reactive ketones (excluding diaryl/α,β-unsaturated/α-hetero) is 1. The van der Waals surface area contributed by atoms with E-state index >= 15 is 0 Å². The lowest BCUT2D eigenvalue weighted by Gasteiger charge is -2.26. The van der Waals surface area contributed by atoms with Crippen molar-refractivity contribution in [2.75, 3.05) is 22.2 Å². The number of hydrogen-bond donors (Lipinski definition) is 0. The van der Waals surface area contributed by atoms with E-state index in [1.165, 1.54) is 17.9 Å². The summed E-state index contributed by atoms with van der Waals surface area (Å²) in [7, 11) is -3.24. The van der Waals surface area contributed by atoms with Crippen molar-refractivity contribution in [3.63, 3.8) is 0 Å². The molecule has 0 N–H and O–H groups in total. The highest BCUT2D eigenvalue weighted by atomic mass is 32.2. The van der Waals surface area contributed by atoms with Crippen LogP contribution in [0.25, 0.3) is 0 Å². The van der Waals surface area contributed by atoms with Crippen molar-refractivity contribution in [1.29, 1.82) is 0 Å². The lowest BCUT2D eigenvalue weighted by atomic mass is 10.1. The fourth-order valence-electron chi connectivity index (χ4n) is 2.76. The summed E-state index contributed by atoms with van der Waals surface area (Å²) < 4.78 is 50.9. The van der Waals surface area contributed by atoms with Crippen LogP contribution in [0.15, 0.2) is 23.2 Å². The van der Waals surface area contributed by atoms with Crippen LogP contribution in [0.3, 0.4) is 0 Å². The lowest BCUT2D eigenvalue weighted by Crippen LogP contribution is -2.39. The van der Waals surface area contributed by atoms with E-state index in [0.29, 0.717) is 5.17 Å². The zero-order valence-corrected chi connectivity index (χ0v) is 13.8. The monoisotopic (exact) mass is 360 g/mol. The number of benzene rings is 1. The van der Waals surface area contributed by atoms with Crippen molar-refractivity contribution >= 4 is 38.2 Å². The van der Waals surface area contributed by atoms with Gasteiger partial charge in [-0.2, -0.15) is 0 Å². The first-order valence-electron chi connectivity index (χ1n) is 6.91. The lowest BCUT2D eigenvalue weighted by molar-refractivity contribution is -0.114. The highest BCUT2D eigenvalue weighted by Gasteiger charge is 2.47. The predicted octanol–water partition coefficient (Wildman–Crippen LogP) is 1.63. The van der Waals surface area contributed by atoms with Gasteiger partial charge in [-0.15, -0.1) is 0 Å². The second kappa shape index (κ2) is 5.86. The minimum Gasteiger partial charge on any atom is -0.312 e. The fourth-order valence-corrected chi connectivity index (χ4v) is 5.52. The van der Waals surface area contributed by atoms with Crippen LogP contribution in [-0.2, 0) is 14.6 Å². The molecule has 2 heterocycles. The highest BCUT2D eigenvalue weighted by molar-refractivity contribution is 8.14. The Labute approximate surface area is 136 Å². The smallest absolute Gasteiger partial charge is 0.164 e. The van der Waals surface area contributed by atoms with Gasteiger partial charge < -0.3 is 4.90 Å². The van der Waals surface area contributed by atoms with Gasteiger partial charge in [-0.25, -0.2) is 17.2 Å². The van der Waals surface area contributed by atoms with E-state index in [4.69, 9.17) is 0 Å². The SMILES string of the molecule is CC(=O)CSC1=N[C@H]2CS(=O)(=O)C[C@H]2N1c1ccc(F)cc1F. The second-order valence-electron chi connectivity index (χ2n) is 5.58. The van der Waals surface area contributed by atoms with Gasteiger partial charge in [0.05, 0.1) is 35.0 Å². The molecular formula is C14H14F2N2O3S2. The normalized spacial score (nSPS) is 25.3. The third-order valence-electron chi connectivity index (χ3n) is 3.68. The van der Waals surface area contributed by atoms with Gasteiger partial charge in [0.25, 0.3) is 0 Å². The van der Waals surface area contributed by atoms with Crippen LogP contribution in [-0.4, -0.2) is 48.7 Å². The first-order valence-corrected chi connectivity index (χ1v) is 9.72. The maximum Gasteiger partial charge on any atom is 0.164 e. The van der Waals surface area contributed by atoms with Gasteiger partial charge in [-0.05, 0) is 19.1 Å². The summed E-state index contributed by atoms with van der Waals surface area (Å²) in [5, 5.41) is 0.399. The molecule has 0 bridgehead atoms. The molecule has 2 aliphatic heterocycles. The molecule has 23 heavy (non-hydrogen) atoms. The van der Waals surface area contributed by atoms with Gasteiger partial charge in [-0.1, -0.05) is 11.8 Å². The molecule has 2 atom stereocenters. The van der Waals surface area contributed by atoms with Gasteiger partial charge in [0, 0.05) is 6.07 Å². The van der Waals surface area contributed by atoms with Crippen LogP contribution < -0.4 is 4.90 Å². The molecule has 0 amide bonds. The van der Waals surface area contributed by atoms with Crippen molar-refractivity contribution in [3.05, 3.63) is 29.8 Å². The maximum absolute atomic E-state index is 14.2. The number of carbonyl (C=O) groups is 1. The van der Waals surface area contributed by atoms with Crippen molar-refractivity contribution in [2.45, 2.75) is 19.0 Å². The predicted molar refractivity (Wildman–Crippen MR) is 85.6 cm³/mol. The molecule has 0 aliphatic carbocycles. The zero-order valence-electron chi connectivity index (χ0n) is 12.2. The van der Waals surface area contributed by atoms with Crippen LogP contribution in [0.2, 0.25) is 0 Å². The number of rotatable bonds is 3. The fraction of sp³-hybridized carbons (Fsp3) is 0.429. The molecule has 0 unspecified atom stereocenters. The van der Waals surface area contributed by atoms with Gasteiger partial charge in [0.15, 0.2) is 15.0 Å². The third-order valence-corrected chi connectivity index (χ3v) is 6.49. The number of thioether (sulfide) groups is 1. The number of amidine groups is 1. The number of halogens is 2. The first-order chi connectivity index (χ1) is 10.8. The quantitative estimate of drug-likeness (QED) is 0.820. The molecule has 1 aromatic rings. The minimum atomic E-state index is -3.24. The summed E-state index contributed by atoms with van der Waals surface area (Å²) in [5.74, 6) is -1.64. The number of fused-ring (bicyclic) bond motifs is 1. The van der Waals surface area contributed by atoms with E-state index in [1.807, 2.05) is 0 Å². The molecular weight excluding hydrogens is 346 g/mol. The molecule has 3 rings (SSSR count). The summed E-state index contributed by atoms with van der Waals surface area (Å²) in [6, 6.07) is 2.12. The van der Waals surface area contributed by atoms with Crippen molar-refractivity contribution in [2.24, 2.45) is 4.99 Å². The molecule has 9 heteroatoms. The van der Waals surface area contributed by atoms with Crippen LogP contribution in [0, 0.1) is 11.6 Å². The Morgan fingerprint density at radius 3 is 2.78 bits per heavy atom. The molecule has 1 aromatic carbocycles. The van der Waals surface area contributed by atoms with E-state index in [-0.39, 0.29) is 28.7 Å². The second-order valence-corrected chi connectivity index (χ2v) is 8.68. The Kier molecular flexibility index (Phi) is 4.18. The van der Waals surface area contributed by atoms with Gasteiger partial charge in [0.1, 0.15) is 17.4 Å². The number of ketones is 1. The Morgan fingerprint density at radius 1 is 1.39 bits per heavy atom. The van der Waals surface area contributed by atoms with Gasteiger partial charge in [-0.3, -0.25) is 9.79 Å². The summed E-state index contributed by atoms with van der Waals surface area (Å²) in [4.78, 5) is 17.0. The average Bonchev–Trinajstić information content (AvgIpc) is 2.88. The Bertz CT molecular complexity index is 795. The van der Waals surface area contributed by atoms with Crippen LogP contribution >= 0.6 is 11.8 Å². The van der Waals surface area contributed by atoms with E-state index in [9.17, 15) is 22.0 Å². The van der Waals surface area contributed by atoms with Crippen molar-refractivity contribution < 1.29 is 22.0 Å². The maximum atomic E-state index is 14.2. The van der Waals surface area contributed by atoms with E-state index < -0.39 is 33.6 Å². The van der Waals surface area contributed by atoms with E-state index in [2.05, 4.69) is 4.99 Å². The molecule has 1 saturated heterocycles. The first kappa shape index (κ1) is 16.4. The van der Waals surface area contributed by atoms with Crippen molar-refractivity contribution in [3.8, 4) is 0 Å². The summed E-state index contributed by atoms with van der Waals surface area (Å²) in [6.07, 6.45) is 0. The number of aliphatic imine (C=N–C) groups is 1. The van der Waals surface area contributed by atoms with Crippen LogP contribution in [0.5, 0.6) is 0 Å². The summed E-state index contributed by atoms with van der Waals surface area (Å²) >= 11 is 1.14. The van der Waals surface area contributed by atoms with Gasteiger partial charge >= 0.3 is 0 Å². The summed E-state index contributed by atoms with van der Waals surface area (Å²) in [6.45, 7) is 1.43. The van der Waals surface area contributed by atoms with Gasteiger partial charge in [0.2, 0.25) is 0 Å². The topological polar surface area (TPSA) is 66.8 Å². The number of carbonyl (C=O) groups excluding carboxylic acids is 1. The Morgan fingerprint density at radius 2 is 2.13 bits per heavy atom. The Hall–Kier alpha value is -1.48. The highest BCUT2D eigenvalue weighted by Crippen LogP contribution is 2.36. The largest absolute Gasteiger partial charge is 0.312 e. The number of hydrogen-bond acceptors (Lipinski definition) is 6. The van der Waals surface area contributed by atoms with Crippen molar-refractivity contribution in [1.82, 2.24) is 0 Å². The standard InChI is InChI=1S/C14H14F2N2O3S2/c1-8(19)5-22-14-17-11-6-23(20,21)7-13(11)18(14)12-3-2-9(15)4-10(12)16/h2-4,11,13H,5-7H2,1H3/t11-,13+/m0/s1. The molecule has 0 aromatic heterocycles. The molecule has 2 aliphatic rings. The molecule has 0 spiro atoms. The van der Waals surface area contributed by atoms with E-state index in [0.717, 1.165) is 23.9 Å². The number of anilines is 1. The number of sulfone groups is 1. The van der Waals surface area contributed by atoms with Crippen LogP contribution in [0.4, 0.5) is 14.5 Å². The summed E-state index contributed by atoms with van der Waals surface area (Å²) in [5.41, 5.74) is 0.0748. The molecule has 124 valence electrons.